The predicted octanol–water partition coefficient (Wildman–Crippen LogP) is 4.65. The second kappa shape index (κ2) is 7.49. The van der Waals surface area contributed by atoms with Crippen LogP contribution in [0.4, 0.5) is 18.9 Å². The first-order valence-corrected chi connectivity index (χ1v) is 7.96. The number of alkyl halides is 3. The summed E-state index contributed by atoms with van der Waals surface area (Å²) in [5, 5.41) is 4.56. The van der Waals surface area contributed by atoms with Crippen molar-refractivity contribution in [2.45, 2.75) is 6.18 Å². The summed E-state index contributed by atoms with van der Waals surface area (Å²) in [6.45, 7) is -0.549. The number of carbonyl (C=O) groups excluding carboxylic acids is 2. The van der Waals surface area contributed by atoms with Crippen LogP contribution in [-0.4, -0.2) is 18.5 Å². The first-order chi connectivity index (χ1) is 12.8. The van der Waals surface area contributed by atoms with Crippen LogP contribution in [0.25, 0.3) is 10.8 Å². The first kappa shape index (κ1) is 18.4. The molecule has 3 aromatic carbocycles. The third-order valence-corrected chi connectivity index (χ3v) is 3.82. The van der Waals surface area contributed by atoms with Gasteiger partial charge in [0.05, 0.1) is 11.1 Å². The van der Waals surface area contributed by atoms with Crippen LogP contribution in [0.15, 0.2) is 66.7 Å². The summed E-state index contributed by atoms with van der Waals surface area (Å²) in [7, 11) is 0. The Morgan fingerprint density at radius 3 is 2.22 bits per heavy atom. The largest absolute Gasteiger partial charge is 0.452 e. The summed E-state index contributed by atoms with van der Waals surface area (Å²) in [6, 6.07) is 16.5. The van der Waals surface area contributed by atoms with Crippen molar-refractivity contribution in [1.29, 1.82) is 0 Å². The van der Waals surface area contributed by atoms with Crippen LogP contribution in [0.3, 0.4) is 0 Å². The minimum atomic E-state index is -4.48. The molecule has 0 aliphatic heterocycles. The molecule has 3 rings (SSSR count). The van der Waals surface area contributed by atoms with Crippen molar-refractivity contribution >= 4 is 28.3 Å². The molecule has 0 saturated carbocycles. The predicted molar refractivity (Wildman–Crippen MR) is 94.3 cm³/mol. The van der Waals surface area contributed by atoms with Crippen LogP contribution >= 0.6 is 0 Å². The van der Waals surface area contributed by atoms with Gasteiger partial charge in [-0.15, -0.1) is 0 Å². The summed E-state index contributed by atoms with van der Waals surface area (Å²) in [4.78, 5) is 23.8. The monoisotopic (exact) mass is 373 g/mol. The molecule has 1 N–H and O–H groups in total. The smallest absolute Gasteiger partial charge is 0.416 e. The number of hydrogen-bond acceptors (Lipinski definition) is 3. The van der Waals surface area contributed by atoms with Gasteiger partial charge in [-0.1, -0.05) is 30.3 Å². The first-order valence-electron chi connectivity index (χ1n) is 7.96. The molecule has 0 bridgehead atoms. The topological polar surface area (TPSA) is 55.4 Å². The van der Waals surface area contributed by atoms with Crippen molar-refractivity contribution < 1.29 is 27.5 Å². The lowest BCUT2D eigenvalue weighted by Gasteiger charge is -2.09. The van der Waals surface area contributed by atoms with E-state index in [4.69, 9.17) is 4.74 Å². The molecule has 27 heavy (non-hydrogen) atoms. The van der Waals surface area contributed by atoms with Crippen LogP contribution < -0.4 is 5.32 Å². The highest BCUT2D eigenvalue weighted by Gasteiger charge is 2.30. The van der Waals surface area contributed by atoms with E-state index in [9.17, 15) is 22.8 Å². The van der Waals surface area contributed by atoms with E-state index in [0.717, 1.165) is 35.0 Å². The SMILES string of the molecule is O=C(COC(=O)c1ccc(C(F)(F)F)cc1)Nc1ccc2ccccc2c1. The number of nitrogens with one attached hydrogen (secondary N) is 1. The van der Waals surface area contributed by atoms with Gasteiger partial charge in [-0.3, -0.25) is 4.79 Å². The average molecular weight is 373 g/mol. The molecule has 0 atom stereocenters. The van der Waals surface area contributed by atoms with Gasteiger partial charge < -0.3 is 10.1 Å². The molecule has 4 nitrogen and oxygen atoms in total. The van der Waals surface area contributed by atoms with E-state index in [0.29, 0.717) is 5.69 Å². The lowest BCUT2D eigenvalue weighted by Crippen LogP contribution is -2.21. The summed E-state index contributed by atoms with van der Waals surface area (Å²) in [5.74, 6) is -1.43. The van der Waals surface area contributed by atoms with Crippen LogP contribution in [-0.2, 0) is 15.7 Å². The highest BCUT2D eigenvalue weighted by molar-refractivity contribution is 5.97. The summed E-state index contributed by atoms with van der Waals surface area (Å²) >= 11 is 0. The standard InChI is InChI=1S/C20H14F3NO3/c21-20(22,23)16-8-5-14(6-9-16)19(26)27-12-18(25)24-17-10-7-13-3-1-2-4-15(13)11-17/h1-11H,12H2,(H,24,25). The number of ether oxygens (including phenoxy) is 1. The van der Waals surface area contributed by atoms with Crippen LogP contribution in [0, 0.1) is 0 Å². The minimum absolute atomic E-state index is 0.0681. The summed E-state index contributed by atoms with van der Waals surface area (Å²) in [5.41, 5.74) is -0.390. The second-order valence-electron chi connectivity index (χ2n) is 5.76. The Balaban J connectivity index is 1.57. The molecule has 0 aliphatic carbocycles. The van der Waals surface area contributed by atoms with Crippen molar-refractivity contribution in [3.63, 3.8) is 0 Å². The average Bonchev–Trinajstić information content (AvgIpc) is 2.65. The molecule has 0 spiro atoms. The van der Waals surface area contributed by atoms with Gasteiger partial charge in [0.2, 0.25) is 0 Å². The van der Waals surface area contributed by atoms with Gasteiger partial charge in [-0.05, 0) is 47.2 Å². The molecular formula is C20H14F3NO3. The number of hydrogen-bond donors (Lipinski definition) is 1. The second-order valence-corrected chi connectivity index (χ2v) is 5.76. The molecule has 3 aromatic rings. The van der Waals surface area contributed by atoms with Gasteiger partial charge in [-0.25, -0.2) is 4.79 Å². The fourth-order valence-corrected chi connectivity index (χ4v) is 2.47. The fraction of sp³-hybridized carbons (Fsp3) is 0.100. The van der Waals surface area contributed by atoms with E-state index in [1.54, 1.807) is 12.1 Å². The Hall–Kier alpha value is -3.35. The number of fused-ring (bicyclic) bond motifs is 1. The number of carbonyl (C=O) groups is 2. The number of amides is 1. The van der Waals surface area contributed by atoms with E-state index in [1.807, 2.05) is 30.3 Å². The Labute approximate surface area is 152 Å². The highest BCUT2D eigenvalue weighted by Crippen LogP contribution is 2.29. The molecule has 0 radical (unpaired) electrons. The lowest BCUT2D eigenvalue weighted by molar-refractivity contribution is -0.137. The van der Waals surface area contributed by atoms with Crippen molar-refractivity contribution in [3.05, 3.63) is 77.9 Å². The molecule has 7 heteroatoms. The Kier molecular flexibility index (Phi) is 5.12. The van der Waals surface area contributed by atoms with Crippen molar-refractivity contribution in [2.24, 2.45) is 0 Å². The van der Waals surface area contributed by atoms with E-state index in [-0.39, 0.29) is 5.56 Å². The molecule has 0 heterocycles. The van der Waals surface area contributed by atoms with Gasteiger partial charge in [0.25, 0.3) is 5.91 Å². The Morgan fingerprint density at radius 2 is 1.56 bits per heavy atom. The molecule has 138 valence electrons. The maximum Gasteiger partial charge on any atom is 0.416 e. The molecule has 0 saturated heterocycles. The van der Waals surface area contributed by atoms with Crippen LogP contribution in [0.1, 0.15) is 15.9 Å². The zero-order chi connectivity index (χ0) is 19.4. The van der Waals surface area contributed by atoms with Gasteiger partial charge >= 0.3 is 12.1 Å². The number of rotatable bonds is 4. The van der Waals surface area contributed by atoms with E-state index >= 15 is 0 Å². The van der Waals surface area contributed by atoms with Gasteiger partial charge in [-0.2, -0.15) is 13.2 Å². The summed E-state index contributed by atoms with van der Waals surface area (Å²) in [6.07, 6.45) is -4.48. The minimum Gasteiger partial charge on any atom is -0.452 e. The number of benzene rings is 3. The maximum atomic E-state index is 12.5. The third kappa shape index (κ3) is 4.63. The van der Waals surface area contributed by atoms with Crippen LogP contribution in [0.5, 0.6) is 0 Å². The summed E-state index contributed by atoms with van der Waals surface area (Å²) < 4.78 is 42.4. The molecule has 1 amide bonds. The Morgan fingerprint density at radius 1 is 0.889 bits per heavy atom. The fourth-order valence-electron chi connectivity index (χ4n) is 2.47. The molecule has 0 unspecified atom stereocenters. The quantitative estimate of drug-likeness (QED) is 0.677. The Bertz CT molecular complexity index is 982. The molecule has 0 fully saturated rings. The molecule has 0 aromatic heterocycles. The van der Waals surface area contributed by atoms with E-state index in [1.165, 1.54) is 0 Å². The zero-order valence-corrected chi connectivity index (χ0v) is 13.9. The van der Waals surface area contributed by atoms with Crippen molar-refractivity contribution in [3.8, 4) is 0 Å². The van der Waals surface area contributed by atoms with Crippen molar-refractivity contribution in [2.75, 3.05) is 11.9 Å². The molecular weight excluding hydrogens is 359 g/mol. The van der Waals surface area contributed by atoms with E-state index in [2.05, 4.69) is 5.32 Å². The van der Waals surface area contributed by atoms with Crippen molar-refractivity contribution in [1.82, 2.24) is 0 Å². The number of esters is 1. The van der Waals surface area contributed by atoms with Gasteiger partial charge in [0, 0.05) is 5.69 Å². The third-order valence-electron chi connectivity index (χ3n) is 3.82. The molecule has 0 aliphatic rings. The highest BCUT2D eigenvalue weighted by atomic mass is 19.4. The van der Waals surface area contributed by atoms with E-state index < -0.39 is 30.2 Å². The number of anilines is 1. The van der Waals surface area contributed by atoms with Crippen LogP contribution in [0.2, 0.25) is 0 Å². The normalized spacial score (nSPS) is 11.2. The van der Waals surface area contributed by atoms with Gasteiger partial charge in [0.1, 0.15) is 0 Å². The number of halogens is 3. The zero-order valence-electron chi connectivity index (χ0n) is 13.9. The maximum absolute atomic E-state index is 12.5. The lowest BCUT2D eigenvalue weighted by atomic mass is 10.1. The van der Waals surface area contributed by atoms with Gasteiger partial charge in [0.15, 0.2) is 6.61 Å².